The average Bonchev–Trinajstić information content (AvgIpc) is 3.06. The number of hydrogen-bond acceptors (Lipinski definition) is 4. The molecule has 3 aromatic rings. The van der Waals surface area contributed by atoms with Crippen LogP contribution in [-0.4, -0.2) is 28.7 Å². The van der Waals surface area contributed by atoms with Crippen molar-refractivity contribution in [3.05, 3.63) is 70.6 Å². The summed E-state index contributed by atoms with van der Waals surface area (Å²) < 4.78 is 19.7. The Bertz CT molecular complexity index is 1030. The molecule has 0 radical (unpaired) electrons. The van der Waals surface area contributed by atoms with Crippen molar-refractivity contribution < 1.29 is 18.7 Å². The van der Waals surface area contributed by atoms with Crippen LogP contribution in [-0.2, 0) is 7.05 Å². The van der Waals surface area contributed by atoms with E-state index < -0.39 is 11.7 Å². The van der Waals surface area contributed by atoms with Crippen molar-refractivity contribution in [2.45, 2.75) is 0 Å². The molecule has 0 bridgehead atoms. The summed E-state index contributed by atoms with van der Waals surface area (Å²) in [6.45, 7) is 0. The standard InChI is InChI=1S/C19H16ClFN4O3/c1-25-10-14(19(24-25)28-2)18(27)22-12-5-3-11(4-6-12)17(26)23-13-7-8-16(21)15(20)9-13/h3-10H,1-2H3,(H,22,27)(H,23,26). The predicted octanol–water partition coefficient (Wildman–Crippen LogP) is 3.73. The number of benzene rings is 2. The summed E-state index contributed by atoms with van der Waals surface area (Å²) in [4.78, 5) is 24.6. The number of rotatable bonds is 5. The highest BCUT2D eigenvalue weighted by molar-refractivity contribution is 6.31. The molecule has 1 heterocycles. The Morgan fingerprint density at radius 3 is 2.36 bits per heavy atom. The molecule has 2 aromatic carbocycles. The molecule has 9 heteroatoms. The molecule has 0 atom stereocenters. The van der Waals surface area contributed by atoms with Gasteiger partial charge in [-0.2, -0.15) is 0 Å². The zero-order valence-corrected chi connectivity index (χ0v) is 15.7. The Morgan fingerprint density at radius 2 is 1.71 bits per heavy atom. The molecule has 1 aromatic heterocycles. The normalized spacial score (nSPS) is 10.4. The molecule has 28 heavy (non-hydrogen) atoms. The SMILES string of the molecule is COc1nn(C)cc1C(=O)Nc1ccc(C(=O)Nc2ccc(F)c(Cl)c2)cc1. The highest BCUT2D eigenvalue weighted by Gasteiger charge is 2.16. The molecular formula is C19H16ClFN4O3. The van der Waals surface area contributed by atoms with Crippen LogP contribution in [0.5, 0.6) is 5.88 Å². The average molecular weight is 403 g/mol. The van der Waals surface area contributed by atoms with Gasteiger partial charge in [0, 0.05) is 30.2 Å². The number of amides is 2. The molecular weight excluding hydrogens is 387 g/mol. The van der Waals surface area contributed by atoms with Crippen molar-refractivity contribution in [1.82, 2.24) is 9.78 Å². The van der Waals surface area contributed by atoms with Crippen LogP contribution in [0.25, 0.3) is 0 Å². The maximum Gasteiger partial charge on any atom is 0.262 e. The first kappa shape index (κ1) is 19.4. The van der Waals surface area contributed by atoms with Gasteiger partial charge < -0.3 is 15.4 Å². The number of carbonyl (C=O) groups excluding carboxylic acids is 2. The van der Waals surface area contributed by atoms with Crippen LogP contribution in [0.4, 0.5) is 15.8 Å². The van der Waals surface area contributed by atoms with Gasteiger partial charge in [-0.15, -0.1) is 5.10 Å². The summed E-state index contributed by atoms with van der Waals surface area (Å²) in [7, 11) is 3.11. The van der Waals surface area contributed by atoms with Gasteiger partial charge in [0.25, 0.3) is 11.8 Å². The third kappa shape index (κ3) is 4.29. The van der Waals surface area contributed by atoms with E-state index in [2.05, 4.69) is 15.7 Å². The minimum absolute atomic E-state index is 0.0818. The van der Waals surface area contributed by atoms with E-state index in [0.717, 1.165) is 0 Å². The van der Waals surface area contributed by atoms with Crippen LogP contribution < -0.4 is 15.4 Å². The summed E-state index contributed by atoms with van der Waals surface area (Å²) in [5, 5.41) is 9.28. The maximum atomic E-state index is 13.2. The largest absolute Gasteiger partial charge is 0.479 e. The van der Waals surface area contributed by atoms with Crippen molar-refractivity contribution >= 4 is 34.8 Å². The lowest BCUT2D eigenvalue weighted by Gasteiger charge is -2.08. The molecule has 0 fully saturated rings. The number of nitrogens with zero attached hydrogens (tertiary/aromatic N) is 2. The van der Waals surface area contributed by atoms with E-state index in [9.17, 15) is 14.0 Å². The minimum atomic E-state index is -0.565. The van der Waals surface area contributed by atoms with Gasteiger partial charge in [-0.05, 0) is 42.5 Å². The summed E-state index contributed by atoms with van der Waals surface area (Å²) >= 11 is 5.70. The summed E-state index contributed by atoms with van der Waals surface area (Å²) in [6.07, 6.45) is 1.55. The van der Waals surface area contributed by atoms with Gasteiger partial charge in [0.1, 0.15) is 11.4 Å². The molecule has 0 aliphatic heterocycles. The van der Waals surface area contributed by atoms with Crippen LogP contribution in [0.3, 0.4) is 0 Å². The fourth-order valence-corrected chi connectivity index (χ4v) is 2.64. The summed E-state index contributed by atoms with van der Waals surface area (Å²) in [5.74, 6) is -1.13. The van der Waals surface area contributed by atoms with Gasteiger partial charge >= 0.3 is 0 Å². The van der Waals surface area contributed by atoms with E-state index in [4.69, 9.17) is 16.3 Å². The lowest BCUT2D eigenvalue weighted by atomic mass is 10.2. The molecule has 0 spiro atoms. The lowest BCUT2D eigenvalue weighted by molar-refractivity contribution is 0.101. The fourth-order valence-electron chi connectivity index (χ4n) is 2.46. The summed E-state index contributed by atoms with van der Waals surface area (Å²) in [5.41, 5.74) is 1.52. The van der Waals surface area contributed by atoms with Crippen LogP contribution >= 0.6 is 11.6 Å². The second-order valence-corrected chi connectivity index (χ2v) is 6.25. The van der Waals surface area contributed by atoms with Crippen LogP contribution in [0.15, 0.2) is 48.7 Å². The Kier molecular flexibility index (Phi) is 5.60. The van der Waals surface area contributed by atoms with Crippen LogP contribution in [0, 0.1) is 5.82 Å². The van der Waals surface area contributed by atoms with Crippen LogP contribution in [0.2, 0.25) is 5.02 Å². The number of nitrogens with one attached hydrogen (secondary N) is 2. The lowest BCUT2D eigenvalue weighted by Crippen LogP contribution is -2.14. The first-order valence-corrected chi connectivity index (χ1v) is 8.50. The Balaban J connectivity index is 1.68. The third-order valence-corrected chi connectivity index (χ3v) is 4.10. The highest BCUT2D eigenvalue weighted by atomic mass is 35.5. The van der Waals surface area contributed by atoms with Crippen molar-refractivity contribution in [3.63, 3.8) is 0 Å². The Morgan fingerprint density at radius 1 is 1.07 bits per heavy atom. The van der Waals surface area contributed by atoms with E-state index in [1.54, 1.807) is 37.5 Å². The number of methoxy groups -OCH3 is 1. The molecule has 0 saturated carbocycles. The van der Waals surface area contributed by atoms with Crippen molar-refractivity contribution in [1.29, 1.82) is 0 Å². The van der Waals surface area contributed by atoms with Crippen LogP contribution in [0.1, 0.15) is 20.7 Å². The van der Waals surface area contributed by atoms with E-state index in [1.807, 2.05) is 0 Å². The molecule has 0 aliphatic carbocycles. The van der Waals surface area contributed by atoms with Crippen molar-refractivity contribution in [3.8, 4) is 5.88 Å². The molecule has 0 aliphatic rings. The zero-order chi connectivity index (χ0) is 20.3. The summed E-state index contributed by atoms with van der Waals surface area (Å²) in [6, 6.07) is 10.2. The molecule has 7 nitrogen and oxygen atoms in total. The second-order valence-electron chi connectivity index (χ2n) is 5.84. The first-order valence-electron chi connectivity index (χ1n) is 8.13. The Labute approximate surface area is 165 Å². The number of carbonyl (C=O) groups is 2. The van der Waals surface area contributed by atoms with Gasteiger partial charge in [-0.3, -0.25) is 14.3 Å². The number of aromatic nitrogens is 2. The smallest absolute Gasteiger partial charge is 0.262 e. The van der Waals surface area contributed by atoms with Crippen molar-refractivity contribution in [2.75, 3.05) is 17.7 Å². The molecule has 0 saturated heterocycles. The topological polar surface area (TPSA) is 85.2 Å². The monoisotopic (exact) mass is 402 g/mol. The number of anilines is 2. The highest BCUT2D eigenvalue weighted by Crippen LogP contribution is 2.21. The van der Waals surface area contributed by atoms with E-state index in [1.165, 1.54) is 30.0 Å². The second kappa shape index (κ2) is 8.10. The molecule has 0 unspecified atom stereocenters. The molecule has 2 amide bonds. The molecule has 144 valence electrons. The van der Waals surface area contributed by atoms with E-state index in [0.29, 0.717) is 22.5 Å². The van der Waals surface area contributed by atoms with E-state index in [-0.39, 0.29) is 16.8 Å². The number of halogens is 2. The number of aryl methyl sites for hydroxylation is 1. The quantitative estimate of drug-likeness (QED) is 0.681. The fraction of sp³-hybridized carbons (Fsp3) is 0.105. The Hall–Kier alpha value is -3.39. The first-order chi connectivity index (χ1) is 13.4. The van der Waals surface area contributed by atoms with Crippen molar-refractivity contribution in [2.24, 2.45) is 7.05 Å². The number of ether oxygens (including phenoxy) is 1. The predicted molar refractivity (Wildman–Crippen MR) is 104 cm³/mol. The third-order valence-electron chi connectivity index (χ3n) is 3.82. The van der Waals surface area contributed by atoms with Gasteiger partial charge in [0.2, 0.25) is 5.88 Å². The zero-order valence-electron chi connectivity index (χ0n) is 15.0. The minimum Gasteiger partial charge on any atom is -0.479 e. The maximum absolute atomic E-state index is 13.2. The molecule has 2 N–H and O–H groups in total. The van der Waals surface area contributed by atoms with Gasteiger partial charge in [0.05, 0.1) is 12.1 Å². The van der Waals surface area contributed by atoms with Gasteiger partial charge in [0.15, 0.2) is 0 Å². The van der Waals surface area contributed by atoms with E-state index >= 15 is 0 Å². The van der Waals surface area contributed by atoms with Gasteiger partial charge in [-0.1, -0.05) is 11.6 Å². The molecule has 3 rings (SSSR count). The van der Waals surface area contributed by atoms with Gasteiger partial charge in [-0.25, -0.2) is 4.39 Å². The number of hydrogen-bond donors (Lipinski definition) is 2.